The first kappa shape index (κ1) is 32.9. The number of rotatable bonds is 12. The van der Waals surface area contributed by atoms with E-state index in [-0.39, 0.29) is 29.1 Å². The third-order valence-corrected chi connectivity index (χ3v) is 10.1. The number of ether oxygens (including phenoxy) is 1. The van der Waals surface area contributed by atoms with Gasteiger partial charge in [-0.05, 0) is 79.4 Å². The summed E-state index contributed by atoms with van der Waals surface area (Å²) < 4.78 is 34.2. The number of anilines is 1. The molecule has 1 aliphatic rings. The van der Waals surface area contributed by atoms with Crippen molar-refractivity contribution in [3.63, 3.8) is 0 Å². The van der Waals surface area contributed by atoms with E-state index in [1.807, 2.05) is 6.92 Å². The van der Waals surface area contributed by atoms with Gasteiger partial charge < -0.3 is 15.0 Å². The minimum absolute atomic E-state index is 0.0304. The summed E-state index contributed by atoms with van der Waals surface area (Å²) in [5.41, 5.74) is 0.767. The Morgan fingerprint density at radius 3 is 2.26 bits per heavy atom. The minimum atomic E-state index is -4.25. The summed E-state index contributed by atoms with van der Waals surface area (Å²) in [6.07, 6.45) is 4.12. The summed E-state index contributed by atoms with van der Waals surface area (Å²) in [7, 11) is -2.77. The molecule has 4 rings (SSSR count). The summed E-state index contributed by atoms with van der Waals surface area (Å²) in [6.45, 7) is 1.19. The highest BCUT2D eigenvalue weighted by Gasteiger charge is 2.35. The van der Waals surface area contributed by atoms with Gasteiger partial charge in [0.1, 0.15) is 18.3 Å². The maximum atomic E-state index is 14.2. The predicted molar refractivity (Wildman–Crippen MR) is 170 cm³/mol. The topological polar surface area (TPSA) is 96.0 Å². The van der Waals surface area contributed by atoms with Crippen LogP contribution in [0.4, 0.5) is 5.69 Å². The quantitative estimate of drug-likeness (QED) is 0.232. The fourth-order valence-corrected chi connectivity index (χ4v) is 7.21. The van der Waals surface area contributed by atoms with Gasteiger partial charge in [0, 0.05) is 27.7 Å². The fraction of sp³-hybridized carbons (Fsp3) is 0.355. The average Bonchev–Trinajstić information content (AvgIpc) is 3.49. The van der Waals surface area contributed by atoms with Gasteiger partial charge >= 0.3 is 0 Å². The lowest BCUT2D eigenvalue weighted by Gasteiger charge is -2.34. The number of methoxy groups -OCH3 is 1. The molecule has 3 aromatic rings. The van der Waals surface area contributed by atoms with Crippen LogP contribution in [0.15, 0.2) is 71.6 Å². The molecule has 0 aliphatic heterocycles. The highest BCUT2D eigenvalue weighted by molar-refractivity contribution is 7.92. The summed E-state index contributed by atoms with van der Waals surface area (Å²) in [4.78, 5) is 29.1. The Kier molecular flexibility index (Phi) is 11.2. The lowest BCUT2D eigenvalue weighted by atomic mass is 10.1. The normalized spacial score (nSPS) is 14.3. The Bertz CT molecular complexity index is 1550. The van der Waals surface area contributed by atoms with E-state index in [1.54, 1.807) is 36.4 Å². The lowest BCUT2D eigenvalue weighted by molar-refractivity contribution is -0.140. The first-order chi connectivity index (χ1) is 20.5. The standard InChI is InChI=1S/C31H34Cl3N3O5S/c1-3-29(31(39)35-24-8-4-5-9-24)36(19-21-11-12-23(33)18-28(21)34)30(38)20-37(25-10-6-7-22(32)17-25)43(40,41)27-15-13-26(42-2)14-16-27/h6-7,10-18,24,29H,3-5,8-9,19-20H2,1-2H3,(H,35,39)/t29-/m0/s1. The smallest absolute Gasteiger partial charge is 0.264 e. The Balaban J connectivity index is 1.73. The van der Waals surface area contributed by atoms with E-state index in [0.717, 1.165) is 30.0 Å². The molecule has 1 aliphatic carbocycles. The second kappa shape index (κ2) is 14.7. The Morgan fingerprint density at radius 2 is 1.65 bits per heavy atom. The molecule has 43 heavy (non-hydrogen) atoms. The van der Waals surface area contributed by atoms with E-state index in [2.05, 4.69) is 5.32 Å². The zero-order chi connectivity index (χ0) is 31.1. The molecule has 0 unspecified atom stereocenters. The monoisotopic (exact) mass is 665 g/mol. The molecule has 1 fully saturated rings. The van der Waals surface area contributed by atoms with Crippen molar-refractivity contribution in [3.05, 3.63) is 87.4 Å². The third-order valence-electron chi connectivity index (χ3n) is 7.47. The molecular formula is C31H34Cl3N3O5S. The molecule has 230 valence electrons. The van der Waals surface area contributed by atoms with Gasteiger partial charge in [-0.15, -0.1) is 0 Å². The van der Waals surface area contributed by atoms with Crippen LogP contribution >= 0.6 is 34.8 Å². The molecule has 3 aromatic carbocycles. The third kappa shape index (κ3) is 8.15. The fourth-order valence-electron chi connectivity index (χ4n) is 5.16. The van der Waals surface area contributed by atoms with Crippen LogP contribution in [0.25, 0.3) is 0 Å². The average molecular weight is 667 g/mol. The number of carbonyl (C=O) groups is 2. The SMILES string of the molecule is CC[C@@H](C(=O)NC1CCCC1)N(Cc1ccc(Cl)cc1Cl)C(=O)CN(c1cccc(Cl)c1)S(=O)(=O)c1ccc(OC)cc1. The number of hydrogen-bond donors (Lipinski definition) is 1. The molecule has 0 saturated heterocycles. The molecule has 0 bridgehead atoms. The second-order valence-corrected chi connectivity index (χ2v) is 13.5. The summed E-state index contributed by atoms with van der Waals surface area (Å²) in [6, 6.07) is 16.2. The highest BCUT2D eigenvalue weighted by atomic mass is 35.5. The lowest BCUT2D eigenvalue weighted by Crippen LogP contribution is -2.53. The molecule has 8 nitrogen and oxygen atoms in total. The van der Waals surface area contributed by atoms with Crippen LogP contribution in [0.2, 0.25) is 15.1 Å². The zero-order valence-corrected chi connectivity index (χ0v) is 27.0. The molecule has 1 saturated carbocycles. The van der Waals surface area contributed by atoms with Crippen LogP contribution in [0.1, 0.15) is 44.6 Å². The zero-order valence-electron chi connectivity index (χ0n) is 23.9. The minimum Gasteiger partial charge on any atom is -0.497 e. The Labute approximate surface area is 267 Å². The Hall–Kier alpha value is -2.98. The molecule has 12 heteroatoms. The second-order valence-electron chi connectivity index (χ2n) is 10.3. The summed E-state index contributed by atoms with van der Waals surface area (Å²) in [5, 5.41) is 4.14. The van der Waals surface area contributed by atoms with Crippen molar-refractivity contribution in [1.29, 1.82) is 0 Å². The van der Waals surface area contributed by atoms with Crippen molar-refractivity contribution in [3.8, 4) is 5.75 Å². The van der Waals surface area contributed by atoms with Crippen molar-refractivity contribution in [2.24, 2.45) is 0 Å². The van der Waals surface area contributed by atoms with Gasteiger partial charge in [0.2, 0.25) is 11.8 Å². The number of amides is 2. The van der Waals surface area contributed by atoms with Crippen molar-refractivity contribution in [2.45, 2.75) is 62.6 Å². The molecule has 0 aromatic heterocycles. The van der Waals surface area contributed by atoms with E-state index in [1.165, 1.54) is 42.3 Å². The van der Waals surface area contributed by atoms with Crippen molar-refractivity contribution in [1.82, 2.24) is 10.2 Å². The van der Waals surface area contributed by atoms with Gasteiger partial charge in [0.15, 0.2) is 0 Å². The summed E-state index contributed by atoms with van der Waals surface area (Å²) in [5.74, 6) is -0.397. The van der Waals surface area contributed by atoms with E-state index in [9.17, 15) is 18.0 Å². The molecule has 2 amide bonds. The van der Waals surface area contributed by atoms with Crippen molar-refractivity contribution in [2.75, 3.05) is 18.0 Å². The largest absolute Gasteiger partial charge is 0.497 e. The van der Waals surface area contributed by atoms with Gasteiger partial charge in [-0.3, -0.25) is 13.9 Å². The number of benzene rings is 3. The van der Waals surface area contributed by atoms with Crippen LogP contribution in [0.5, 0.6) is 5.75 Å². The maximum absolute atomic E-state index is 14.2. The predicted octanol–water partition coefficient (Wildman–Crippen LogP) is 6.72. The van der Waals surface area contributed by atoms with E-state index in [4.69, 9.17) is 39.5 Å². The Morgan fingerprint density at radius 1 is 0.977 bits per heavy atom. The van der Waals surface area contributed by atoms with Gasteiger partial charge in [-0.25, -0.2) is 8.42 Å². The maximum Gasteiger partial charge on any atom is 0.264 e. The molecule has 0 spiro atoms. The number of halogens is 3. The van der Waals surface area contributed by atoms with Gasteiger partial charge in [0.25, 0.3) is 10.0 Å². The van der Waals surface area contributed by atoms with Crippen molar-refractivity contribution >= 4 is 62.3 Å². The van der Waals surface area contributed by atoms with E-state index >= 15 is 0 Å². The van der Waals surface area contributed by atoms with E-state index in [0.29, 0.717) is 32.8 Å². The first-order valence-corrected chi connectivity index (χ1v) is 16.6. The van der Waals surface area contributed by atoms with Crippen LogP contribution in [-0.4, -0.2) is 50.9 Å². The molecule has 1 N–H and O–H groups in total. The molecule has 1 atom stereocenters. The van der Waals surface area contributed by atoms with Crippen LogP contribution < -0.4 is 14.4 Å². The van der Waals surface area contributed by atoms with Crippen LogP contribution in [-0.2, 0) is 26.2 Å². The first-order valence-electron chi connectivity index (χ1n) is 14.0. The van der Waals surface area contributed by atoms with Crippen molar-refractivity contribution < 1.29 is 22.7 Å². The molecule has 0 heterocycles. The van der Waals surface area contributed by atoms with Gasteiger partial charge in [-0.1, -0.05) is 66.7 Å². The van der Waals surface area contributed by atoms with Crippen LogP contribution in [0, 0.1) is 0 Å². The van der Waals surface area contributed by atoms with Crippen LogP contribution in [0.3, 0.4) is 0 Å². The van der Waals surface area contributed by atoms with Gasteiger partial charge in [-0.2, -0.15) is 0 Å². The number of sulfonamides is 1. The number of nitrogens with zero attached hydrogens (tertiary/aromatic N) is 2. The van der Waals surface area contributed by atoms with Gasteiger partial charge in [0.05, 0.1) is 17.7 Å². The number of hydrogen-bond acceptors (Lipinski definition) is 5. The van der Waals surface area contributed by atoms with E-state index < -0.39 is 28.5 Å². The number of carbonyl (C=O) groups excluding carboxylic acids is 2. The number of nitrogens with one attached hydrogen (secondary N) is 1. The summed E-state index contributed by atoms with van der Waals surface area (Å²) >= 11 is 18.8. The molecular weight excluding hydrogens is 633 g/mol. The highest BCUT2D eigenvalue weighted by Crippen LogP contribution is 2.29. The molecule has 0 radical (unpaired) electrons.